The van der Waals surface area contributed by atoms with Gasteiger partial charge in [-0.15, -0.1) is 0 Å². The molecule has 1 rings (SSSR count). The van der Waals surface area contributed by atoms with Gasteiger partial charge in [-0.05, 0) is 12.1 Å². The number of alkyl halides is 3. The lowest BCUT2D eigenvalue weighted by Gasteiger charge is -2.18. The Morgan fingerprint density at radius 2 is 2.21 bits per heavy atom. The smallest absolute Gasteiger partial charge is 0.331 e. The molecule has 0 aliphatic rings. The van der Waals surface area contributed by atoms with Crippen LogP contribution in [0.3, 0.4) is 0 Å². The Kier molecular flexibility index (Phi) is 4.89. The van der Waals surface area contributed by atoms with E-state index in [9.17, 15) is 18.0 Å². The van der Waals surface area contributed by atoms with Gasteiger partial charge in [0.2, 0.25) is 0 Å². The number of amides is 1. The van der Waals surface area contributed by atoms with Crippen molar-refractivity contribution in [3.8, 4) is 11.8 Å². The monoisotopic (exact) mass is 271 g/mol. The molecular formula is C12H12F3N3O. The molecule has 1 amide bonds. The number of hydrogen-bond acceptors (Lipinski definition) is 3. The van der Waals surface area contributed by atoms with Gasteiger partial charge in [-0.2, -0.15) is 13.2 Å². The van der Waals surface area contributed by atoms with Gasteiger partial charge in [0.05, 0.1) is 12.1 Å². The van der Waals surface area contributed by atoms with E-state index in [2.05, 4.69) is 16.8 Å². The number of rotatable bonds is 2. The highest BCUT2D eigenvalue weighted by molar-refractivity contribution is 5.94. The van der Waals surface area contributed by atoms with Crippen LogP contribution in [-0.4, -0.2) is 42.1 Å². The molecule has 2 N–H and O–H groups in total. The average Bonchev–Trinajstić information content (AvgIpc) is 2.33. The van der Waals surface area contributed by atoms with Crippen molar-refractivity contribution in [3.63, 3.8) is 0 Å². The summed E-state index contributed by atoms with van der Waals surface area (Å²) in [6.07, 6.45) is -3.13. The van der Waals surface area contributed by atoms with E-state index in [1.807, 2.05) is 0 Å². The minimum absolute atomic E-state index is 0.0842. The van der Waals surface area contributed by atoms with Gasteiger partial charge in [-0.25, -0.2) is 4.98 Å². The summed E-state index contributed by atoms with van der Waals surface area (Å²) >= 11 is 0. The summed E-state index contributed by atoms with van der Waals surface area (Å²) in [4.78, 5) is 16.2. The topological polar surface area (TPSA) is 59.2 Å². The predicted octanol–water partition coefficient (Wildman–Crippen LogP) is 1.03. The van der Waals surface area contributed by atoms with Gasteiger partial charge in [-0.3, -0.25) is 4.79 Å². The van der Waals surface area contributed by atoms with Crippen LogP contribution < -0.4 is 5.73 Å². The number of nitrogens with zero attached hydrogens (tertiary/aromatic N) is 2. The molecule has 0 fully saturated rings. The van der Waals surface area contributed by atoms with Gasteiger partial charge in [0.1, 0.15) is 12.2 Å². The third kappa shape index (κ3) is 4.60. The van der Waals surface area contributed by atoms with Crippen LogP contribution >= 0.6 is 0 Å². The lowest BCUT2D eigenvalue weighted by atomic mass is 10.2. The summed E-state index contributed by atoms with van der Waals surface area (Å²) in [5.41, 5.74) is 5.35. The highest BCUT2D eigenvalue weighted by Gasteiger charge is 2.32. The number of carbonyl (C=O) groups excluding carboxylic acids is 1. The Hall–Kier alpha value is -2.07. The van der Waals surface area contributed by atoms with E-state index in [1.54, 1.807) is 6.07 Å². The first kappa shape index (κ1) is 15.0. The average molecular weight is 271 g/mol. The van der Waals surface area contributed by atoms with Gasteiger partial charge in [0, 0.05) is 13.2 Å². The highest BCUT2D eigenvalue weighted by Crippen LogP contribution is 2.17. The Labute approximate surface area is 108 Å². The maximum atomic E-state index is 12.2. The van der Waals surface area contributed by atoms with Crippen molar-refractivity contribution in [2.24, 2.45) is 5.73 Å². The first-order valence-corrected chi connectivity index (χ1v) is 5.31. The molecule has 0 spiro atoms. The highest BCUT2D eigenvalue weighted by atomic mass is 19.4. The molecule has 4 nitrogen and oxygen atoms in total. The summed E-state index contributed by atoms with van der Waals surface area (Å²) < 4.78 is 36.7. The summed E-state index contributed by atoms with van der Waals surface area (Å²) in [5.74, 6) is 4.30. The Bertz CT molecular complexity index is 517. The number of hydrogen-bond donors (Lipinski definition) is 1. The molecule has 0 saturated heterocycles. The molecule has 19 heavy (non-hydrogen) atoms. The van der Waals surface area contributed by atoms with Gasteiger partial charge in [0.15, 0.2) is 0 Å². The largest absolute Gasteiger partial charge is 0.406 e. The summed E-state index contributed by atoms with van der Waals surface area (Å²) in [6, 6.07) is 3.05. The summed E-state index contributed by atoms with van der Waals surface area (Å²) in [5, 5.41) is 0. The van der Waals surface area contributed by atoms with Crippen molar-refractivity contribution >= 4 is 5.91 Å². The normalized spacial score (nSPS) is 10.6. The molecule has 0 aromatic carbocycles. The second-order valence-electron chi connectivity index (χ2n) is 3.68. The maximum absolute atomic E-state index is 12.2. The molecule has 1 aromatic heterocycles. The molecule has 0 aliphatic heterocycles. The van der Waals surface area contributed by atoms with E-state index >= 15 is 0 Å². The van der Waals surface area contributed by atoms with E-state index in [1.165, 1.54) is 12.3 Å². The Balaban J connectivity index is 2.99. The van der Waals surface area contributed by atoms with Gasteiger partial charge < -0.3 is 10.6 Å². The molecule has 1 heterocycles. The fraction of sp³-hybridized carbons (Fsp3) is 0.333. The number of halogens is 3. The number of pyridine rings is 1. The van der Waals surface area contributed by atoms with Crippen molar-refractivity contribution in [1.29, 1.82) is 0 Å². The molecule has 7 heteroatoms. The van der Waals surface area contributed by atoms with Crippen LogP contribution in [0.1, 0.15) is 16.1 Å². The van der Waals surface area contributed by atoms with Crippen molar-refractivity contribution < 1.29 is 18.0 Å². The van der Waals surface area contributed by atoms with Crippen LogP contribution in [0.2, 0.25) is 0 Å². The zero-order valence-corrected chi connectivity index (χ0v) is 10.2. The molecule has 0 unspecified atom stereocenters. The van der Waals surface area contributed by atoms with Crippen molar-refractivity contribution in [2.45, 2.75) is 6.18 Å². The van der Waals surface area contributed by atoms with E-state index in [0.717, 1.165) is 7.05 Å². The minimum atomic E-state index is -4.46. The fourth-order valence-corrected chi connectivity index (χ4v) is 1.34. The molecule has 0 bridgehead atoms. The Morgan fingerprint density at radius 1 is 1.53 bits per heavy atom. The maximum Gasteiger partial charge on any atom is 0.406 e. The minimum Gasteiger partial charge on any atom is -0.331 e. The van der Waals surface area contributed by atoms with E-state index in [0.29, 0.717) is 4.90 Å². The molecule has 0 radical (unpaired) electrons. The zero-order valence-electron chi connectivity index (χ0n) is 10.2. The lowest BCUT2D eigenvalue weighted by molar-refractivity contribution is -0.138. The SMILES string of the molecule is CN(CC(F)(F)F)C(=O)c1ncccc1C#CCN. The van der Waals surface area contributed by atoms with Crippen LogP contribution in [0.4, 0.5) is 13.2 Å². The number of aromatic nitrogens is 1. The quantitative estimate of drug-likeness (QED) is 0.817. The van der Waals surface area contributed by atoms with Crippen molar-refractivity contribution in [3.05, 3.63) is 29.6 Å². The number of nitrogens with two attached hydrogens (primary N) is 1. The van der Waals surface area contributed by atoms with E-state index < -0.39 is 18.6 Å². The first-order valence-electron chi connectivity index (χ1n) is 5.31. The van der Waals surface area contributed by atoms with Crippen LogP contribution in [0.25, 0.3) is 0 Å². The molecule has 0 saturated carbocycles. The van der Waals surface area contributed by atoms with Gasteiger partial charge in [0.25, 0.3) is 5.91 Å². The Morgan fingerprint density at radius 3 is 2.79 bits per heavy atom. The van der Waals surface area contributed by atoms with E-state index in [-0.39, 0.29) is 17.8 Å². The van der Waals surface area contributed by atoms with Gasteiger partial charge in [-0.1, -0.05) is 11.8 Å². The zero-order chi connectivity index (χ0) is 14.5. The van der Waals surface area contributed by atoms with Crippen molar-refractivity contribution in [2.75, 3.05) is 20.1 Å². The van der Waals surface area contributed by atoms with Gasteiger partial charge >= 0.3 is 6.18 Å². The van der Waals surface area contributed by atoms with Crippen LogP contribution in [0.5, 0.6) is 0 Å². The third-order valence-corrected chi connectivity index (χ3v) is 2.10. The molecule has 0 atom stereocenters. The van der Waals surface area contributed by atoms with Crippen molar-refractivity contribution in [1.82, 2.24) is 9.88 Å². The summed E-state index contributed by atoms with van der Waals surface area (Å²) in [6.45, 7) is -1.26. The molecule has 102 valence electrons. The molecule has 0 aliphatic carbocycles. The molecule has 1 aromatic rings. The standard InChI is InChI=1S/C12H12F3N3O/c1-18(8-12(13,14)15)11(19)10-9(4-2-6-16)5-3-7-17-10/h3,5,7H,6,8,16H2,1H3. The van der Waals surface area contributed by atoms with Crippen LogP contribution in [0.15, 0.2) is 18.3 Å². The van der Waals surface area contributed by atoms with E-state index in [4.69, 9.17) is 5.73 Å². The molecular weight excluding hydrogens is 259 g/mol. The fourth-order valence-electron chi connectivity index (χ4n) is 1.34. The second kappa shape index (κ2) is 6.20. The van der Waals surface area contributed by atoms with Crippen LogP contribution in [-0.2, 0) is 0 Å². The first-order chi connectivity index (χ1) is 8.85. The lowest BCUT2D eigenvalue weighted by Crippen LogP contribution is -2.36. The summed E-state index contributed by atoms with van der Waals surface area (Å²) in [7, 11) is 1.06. The predicted molar refractivity (Wildman–Crippen MR) is 63.2 cm³/mol. The number of carbonyl (C=O) groups is 1. The van der Waals surface area contributed by atoms with Crippen LogP contribution in [0, 0.1) is 11.8 Å². The second-order valence-corrected chi connectivity index (χ2v) is 3.68. The third-order valence-electron chi connectivity index (χ3n) is 2.10.